The van der Waals surface area contributed by atoms with E-state index in [9.17, 15) is 0 Å². The predicted molar refractivity (Wildman–Crippen MR) is 86.3 cm³/mol. The van der Waals surface area contributed by atoms with Gasteiger partial charge in [0.1, 0.15) is 5.75 Å². The number of nitrogens with one attached hydrogen (secondary N) is 1. The minimum absolute atomic E-state index is 0.540. The zero-order valence-corrected chi connectivity index (χ0v) is 13.5. The number of anilines is 1. The average Bonchev–Trinajstić information content (AvgIpc) is 3.01. The van der Waals surface area contributed by atoms with Gasteiger partial charge in [0.05, 0.1) is 13.2 Å². The molecule has 0 saturated carbocycles. The first-order valence-electron chi connectivity index (χ1n) is 7.62. The van der Waals surface area contributed by atoms with Gasteiger partial charge in [0.2, 0.25) is 5.89 Å². The standard InChI is InChI=1S/C16H24N4O2/c1-4-13-7-5-8-14(11-13)21-10-6-9-20(3)16-19-18-15(22-16)12-17-2/h5,7-8,11,17H,4,6,9-10,12H2,1-3H3. The third-order valence-electron chi connectivity index (χ3n) is 3.32. The first-order chi connectivity index (χ1) is 10.7. The Balaban J connectivity index is 1.73. The van der Waals surface area contributed by atoms with Gasteiger partial charge in [-0.25, -0.2) is 0 Å². The Kier molecular flexibility index (Phi) is 6.21. The molecule has 6 nitrogen and oxygen atoms in total. The molecule has 0 saturated heterocycles. The molecule has 0 spiro atoms. The number of nitrogens with zero attached hydrogens (tertiary/aromatic N) is 3. The Hall–Kier alpha value is -2.08. The molecule has 2 rings (SSSR count). The minimum atomic E-state index is 0.540. The van der Waals surface area contributed by atoms with Gasteiger partial charge in [-0.3, -0.25) is 0 Å². The van der Waals surface area contributed by atoms with E-state index < -0.39 is 0 Å². The van der Waals surface area contributed by atoms with Gasteiger partial charge in [-0.05, 0) is 37.6 Å². The van der Waals surface area contributed by atoms with E-state index in [-0.39, 0.29) is 0 Å². The van der Waals surface area contributed by atoms with Crippen molar-refractivity contribution in [3.05, 3.63) is 35.7 Å². The second kappa shape index (κ2) is 8.38. The van der Waals surface area contributed by atoms with E-state index in [0.717, 1.165) is 25.1 Å². The monoisotopic (exact) mass is 304 g/mol. The number of rotatable bonds is 9. The molecule has 0 unspecified atom stereocenters. The molecule has 0 bridgehead atoms. The quantitative estimate of drug-likeness (QED) is 0.717. The maximum Gasteiger partial charge on any atom is 0.317 e. The van der Waals surface area contributed by atoms with Gasteiger partial charge < -0.3 is 19.4 Å². The molecular weight excluding hydrogens is 280 g/mol. The highest BCUT2D eigenvalue weighted by Gasteiger charge is 2.09. The molecule has 1 heterocycles. The van der Waals surface area contributed by atoms with Crippen LogP contribution >= 0.6 is 0 Å². The van der Waals surface area contributed by atoms with E-state index in [0.29, 0.717) is 25.1 Å². The van der Waals surface area contributed by atoms with Gasteiger partial charge in [-0.15, -0.1) is 5.10 Å². The van der Waals surface area contributed by atoms with Crippen LogP contribution in [0.25, 0.3) is 0 Å². The highest BCUT2D eigenvalue weighted by atomic mass is 16.5. The van der Waals surface area contributed by atoms with Crippen molar-refractivity contribution in [3.63, 3.8) is 0 Å². The highest BCUT2D eigenvalue weighted by molar-refractivity contribution is 5.28. The Morgan fingerprint density at radius 1 is 1.32 bits per heavy atom. The summed E-state index contributed by atoms with van der Waals surface area (Å²) < 4.78 is 11.3. The molecule has 22 heavy (non-hydrogen) atoms. The maximum atomic E-state index is 5.78. The molecule has 1 aromatic carbocycles. The number of aryl methyl sites for hydroxylation is 1. The summed E-state index contributed by atoms with van der Waals surface area (Å²) in [5, 5.41) is 11.0. The minimum Gasteiger partial charge on any atom is -0.494 e. The van der Waals surface area contributed by atoms with E-state index >= 15 is 0 Å². The number of benzene rings is 1. The first kappa shape index (κ1) is 16.3. The molecule has 0 aliphatic heterocycles. The lowest BCUT2D eigenvalue weighted by Gasteiger charge is -2.14. The summed E-state index contributed by atoms with van der Waals surface area (Å²) in [5.74, 6) is 1.52. The second-order valence-electron chi connectivity index (χ2n) is 5.13. The molecule has 0 atom stereocenters. The lowest BCUT2D eigenvalue weighted by Crippen LogP contribution is -2.20. The molecule has 1 aromatic heterocycles. The topological polar surface area (TPSA) is 63.4 Å². The van der Waals surface area contributed by atoms with Crippen LogP contribution in [-0.2, 0) is 13.0 Å². The molecule has 0 radical (unpaired) electrons. The van der Waals surface area contributed by atoms with Crippen LogP contribution in [-0.4, -0.2) is 37.4 Å². The van der Waals surface area contributed by atoms with Crippen LogP contribution in [0.2, 0.25) is 0 Å². The van der Waals surface area contributed by atoms with Gasteiger partial charge in [0.15, 0.2) is 0 Å². The summed E-state index contributed by atoms with van der Waals surface area (Å²) in [6.07, 6.45) is 1.91. The molecule has 0 fully saturated rings. The van der Waals surface area contributed by atoms with Gasteiger partial charge in [0, 0.05) is 13.6 Å². The van der Waals surface area contributed by atoms with Crippen molar-refractivity contribution in [2.24, 2.45) is 0 Å². The molecule has 0 amide bonds. The summed E-state index contributed by atoms with van der Waals surface area (Å²) in [6.45, 7) is 4.18. The van der Waals surface area contributed by atoms with Crippen LogP contribution in [0.3, 0.4) is 0 Å². The molecule has 0 aliphatic rings. The third kappa shape index (κ3) is 4.73. The lowest BCUT2D eigenvalue weighted by atomic mass is 10.2. The van der Waals surface area contributed by atoms with Crippen molar-refractivity contribution in [2.75, 3.05) is 32.1 Å². The molecule has 1 N–H and O–H groups in total. The first-order valence-corrected chi connectivity index (χ1v) is 7.62. The zero-order chi connectivity index (χ0) is 15.8. The fourth-order valence-corrected chi connectivity index (χ4v) is 2.06. The van der Waals surface area contributed by atoms with Crippen molar-refractivity contribution >= 4 is 6.01 Å². The normalized spacial score (nSPS) is 10.7. The van der Waals surface area contributed by atoms with Gasteiger partial charge in [-0.2, -0.15) is 0 Å². The van der Waals surface area contributed by atoms with Crippen LogP contribution in [0.15, 0.2) is 28.7 Å². The fraction of sp³-hybridized carbons (Fsp3) is 0.500. The molecule has 0 aliphatic carbocycles. The Morgan fingerprint density at radius 2 is 2.18 bits per heavy atom. The zero-order valence-electron chi connectivity index (χ0n) is 13.5. The van der Waals surface area contributed by atoms with Crippen molar-refractivity contribution in [1.82, 2.24) is 15.5 Å². The number of aromatic nitrogens is 2. The summed E-state index contributed by atoms with van der Waals surface area (Å²) >= 11 is 0. The van der Waals surface area contributed by atoms with Crippen molar-refractivity contribution < 1.29 is 9.15 Å². The number of hydrogen-bond acceptors (Lipinski definition) is 6. The Labute approximate surface area is 131 Å². The largest absolute Gasteiger partial charge is 0.494 e. The molecule has 120 valence electrons. The second-order valence-corrected chi connectivity index (χ2v) is 5.13. The SMILES string of the molecule is CCc1cccc(OCCCN(C)c2nnc(CNC)o2)c1. The van der Waals surface area contributed by atoms with Crippen molar-refractivity contribution in [1.29, 1.82) is 0 Å². The fourth-order valence-electron chi connectivity index (χ4n) is 2.06. The Morgan fingerprint density at radius 3 is 2.95 bits per heavy atom. The average molecular weight is 304 g/mol. The van der Waals surface area contributed by atoms with Gasteiger partial charge in [0.25, 0.3) is 0 Å². The van der Waals surface area contributed by atoms with E-state index in [1.807, 2.05) is 31.1 Å². The maximum absolute atomic E-state index is 5.78. The smallest absolute Gasteiger partial charge is 0.317 e. The van der Waals surface area contributed by atoms with Crippen LogP contribution in [0.4, 0.5) is 6.01 Å². The summed E-state index contributed by atoms with van der Waals surface area (Å²) in [7, 11) is 3.78. The van der Waals surface area contributed by atoms with Crippen LogP contribution < -0.4 is 15.0 Å². The Bertz CT molecular complexity index is 571. The van der Waals surface area contributed by atoms with Gasteiger partial charge >= 0.3 is 6.01 Å². The van der Waals surface area contributed by atoms with Crippen LogP contribution in [0, 0.1) is 0 Å². The lowest BCUT2D eigenvalue weighted by molar-refractivity contribution is 0.311. The summed E-state index contributed by atoms with van der Waals surface area (Å²) in [4.78, 5) is 1.94. The van der Waals surface area contributed by atoms with E-state index in [1.165, 1.54) is 5.56 Å². The van der Waals surface area contributed by atoms with Crippen molar-refractivity contribution in [2.45, 2.75) is 26.3 Å². The predicted octanol–water partition coefficient (Wildman–Crippen LogP) is 2.26. The van der Waals surface area contributed by atoms with Gasteiger partial charge in [-0.1, -0.05) is 24.2 Å². The highest BCUT2D eigenvalue weighted by Crippen LogP contribution is 2.14. The molecular formula is C16H24N4O2. The summed E-state index contributed by atoms with van der Waals surface area (Å²) in [6, 6.07) is 8.76. The van der Waals surface area contributed by atoms with Crippen molar-refractivity contribution in [3.8, 4) is 5.75 Å². The third-order valence-corrected chi connectivity index (χ3v) is 3.32. The van der Waals surface area contributed by atoms with E-state index in [1.54, 1.807) is 0 Å². The van der Waals surface area contributed by atoms with Crippen LogP contribution in [0.1, 0.15) is 24.8 Å². The van der Waals surface area contributed by atoms with E-state index in [4.69, 9.17) is 9.15 Å². The van der Waals surface area contributed by atoms with E-state index in [2.05, 4.69) is 34.6 Å². The summed E-state index contributed by atoms with van der Waals surface area (Å²) in [5.41, 5.74) is 1.29. The molecule has 6 heteroatoms. The molecule has 2 aromatic rings. The number of ether oxygens (including phenoxy) is 1. The number of hydrogen-bond donors (Lipinski definition) is 1. The van der Waals surface area contributed by atoms with Crippen LogP contribution in [0.5, 0.6) is 5.75 Å².